The van der Waals surface area contributed by atoms with Gasteiger partial charge in [-0.2, -0.15) is 23.5 Å². The number of hydrogen-bond acceptors (Lipinski definition) is 3. The van der Waals surface area contributed by atoms with Crippen LogP contribution >= 0.6 is 35.1 Å². The van der Waals surface area contributed by atoms with Crippen LogP contribution in [-0.2, 0) is 0 Å². The van der Waals surface area contributed by atoms with Crippen molar-refractivity contribution in [2.24, 2.45) is 0 Å². The van der Waals surface area contributed by atoms with E-state index in [2.05, 4.69) is 12.2 Å². The molecule has 0 amide bonds. The summed E-state index contributed by atoms with van der Waals surface area (Å²) in [5, 5.41) is 4.33. The second-order valence-electron chi connectivity index (χ2n) is 4.37. The number of rotatable bonds is 4. The predicted octanol–water partition coefficient (Wildman–Crippen LogP) is 3.98. The molecule has 2 rings (SSSR count). The molecule has 1 N–H and O–H groups in total. The summed E-state index contributed by atoms with van der Waals surface area (Å²) < 4.78 is 13.4. The summed E-state index contributed by atoms with van der Waals surface area (Å²) in [7, 11) is 0. The standard InChI is InChI=1S/C13H17ClFNS2/c1-9(10-2-3-12(14)13(15)6-10)16-7-11-8-17-4-5-18-11/h2-3,6,9,11,16H,4-5,7-8H2,1H3. The van der Waals surface area contributed by atoms with E-state index in [0.29, 0.717) is 5.25 Å². The highest BCUT2D eigenvalue weighted by molar-refractivity contribution is 8.06. The number of benzene rings is 1. The van der Waals surface area contributed by atoms with E-state index in [-0.39, 0.29) is 16.9 Å². The zero-order valence-corrected chi connectivity index (χ0v) is 12.7. The minimum Gasteiger partial charge on any atom is -0.309 e. The topological polar surface area (TPSA) is 12.0 Å². The Balaban J connectivity index is 1.86. The summed E-state index contributed by atoms with van der Waals surface area (Å²) in [5.74, 6) is 3.37. The van der Waals surface area contributed by atoms with E-state index < -0.39 is 0 Å². The van der Waals surface area contributed by atoms with Crippen LogP contribution in [0.15, 0.2) is 18.2 Å². The Bertz CT molecular complexity index is 397. The number of hydrogen-bond donors (Lipinski definition) is 1. The molecule has 1 aliphatic heterocycles. The van der Waals surface area contributed by atoms with Crippen LogP contribution < -0.4 is 5.32 Å². The van der Waals surface area contributed by atoms with Crippen molar-refractivity contribution in [2.45, 2.75) is 18.2 Å². The fourth-order valence-electron chi connectivity index (χ4n) is 1.86. The first-order valence-corrected chi connectivity index (χ1v) is 8.62. The van der Waals surface area contributed by atoms with Gasteiger partial charge >= 0.3 is 0 Å². The van der Waals surface area contributed by atoms with Gasteiger partial charge in [-0.05, 0) is 24.6 Å². The molecule has 1 aliphatic rings. The van der Waals surface area contributed by atoms with Crippen LogP contribution in [0.2, 0.25) is 5.02 Å². The third-order valence-corrected chi connectivity index (χ3v) is 6.13. The highest BCUT2D eigenvalue weighted by Crippen LogP contribution is 2.25. The lowest BCUT2D eigenvalue weighted by Crippen LogP contribution is -2.30. The predicted molar refractivity (Wildman–Crippen MR) is 81.4 cm³/mol. The maximum Gasteiger partial charge on any atom is 0.142 e. The van der Waals surface area contributed by atoms with Gasteiger partial charge in [0.15, 0.2) is 0 Å². The largest absolute Gasteiger partial charge is 0.309 e. The quantitative estimate of drug-likeness (QED) is 0.904. The first-order valence-electron chi connectivity index (χ1n) is 6.04. The molecule has 100 valence electrons. The summed E-state index contributed by atoms with van der Waals surface area (Å²) in [6.07, 6.45) is 0. The Hall–Kier alpha value is 0.1000. The van der Waals surface area contributed by atoms with Gasteiger partial charge < -0.3 is 5.32 Å². The van der Waals surface area contributed by atoms with Crippen molar-refractivity contribution >= 4 is 35.1 Å². The molecule has 0 bridgehead atoms. The maximum atomic E-state index is 13.4. The van der Waals surface area contributed by atoms with E-state index in [1.54, 1.807) is 6.07 Å². The van der Waals surface area contributed by atoms with Gasteiger partial charge in [-0.3, -0.25) is 0 Å². The Morgan fingerprint density at radius 1 is 1.50 bits per heavy atom. The smallest absolute Gasteiger partial charge is 0.142 e. The maximum absolute atomic E-state index is 13.4. The van der Waals surface area contributed by atoms with E-state index in [4.69, 9.17) is 11.6 Å². The zero-order chi connectivity index (χ0) is 13.0. The molecule has 1 nitrogen and oxygen atoms in total. The third kappa shape index (κ3) is 4.05. The summed E-state index contributed by atoms with van der Waals surface area (Å²) in [6, 6.07) is 5.17. The van der Waals surface area contributed by atoms with Gasteiger partial charge in [0.25, 0.3) is 0 Å². The average Bonchev–Trinajstić information content (AvgIpc) is 2.40. The molecule has 0 radical (unpaired) electrons. The first kappa shape index (κ1) is 14.5. The van der Waals surface area contributed by atoms with Crippen LogP contribution in [-0.4, -0.2) is 29.1 Å². The second kappa shape index (κ2) is 7.04. The van der Waals surface area contributed by atoms with Gasteiger partial charge in [0.2, 0.25) is 0 Å². The molecule has 2 atom stereocenters. The molecule has 0 spiro atoms. The molecule has 1 saturated heterocycles. The van der Waals surface area contributed by atoms with Gasteiger partial charge in [0.05, 0.1) is 5.02 Å². The molecular formula is C13H17ClFNS2. The number of thioether (sulfide) groups is 2. The van der Waals surface area contributed by atoms with Gasteiger partial charge in [-0.1, -0.05) is 17.7 Å². The lowest BCUT2D eigenvalue weighted by atomic mass is 10.1. The van der Waals surface area contributed by atoms with Crippen LogP contribution in [0.3, 0.4) is 0 Å². The van der Waals surface area contributed by atoms with Crippen LogP contribution in [0.25, 0.3) is 0 Å². The number of halogens is 2. The Morgan fingerprint density at radius 3 is 3.00 bits per heavy atom. The molecule has 0 aromatic heterocycles. The highest BCUT2D eigenvalue weighted by atomic mass is 35.5. The summed E-state index contributed by atoms with van der Waals surface area (Å²) in [4.78, 5) is 0. The lowest BCUT2D eigenvalue weighted by molar-refractivity contribution is 0.567. The summed E-state index contributed by atoms with van der Waals surface area (Å²) in [6.45, 7) is 3.03. The molecule has 2 unspecified atom stereocenters. The van der Waals surface area contributed by atoms with Crippen LogP contribution in [0.5, 0.6) is 0 Å². The van der Waals surface area contributed by atoms with Crippen LogP contribution in [0, 0.1) is 5.82 Å². The van der Waals surface area contributed by atoms with Crippen molar-refractivity contribution in [3.05, 3.63) is 34.6 Å². The lowest BCUT2D eigenvalue weighted by Gasteiger charge is -2.23. The average molecular weight is 306 g/mol. The van der Waals surface area contributed by atoms with Gasteiger partial charge in [0, 0.05) is 35.1 Å². The second-order valence-corrected chi connectivity index (χ2v) is 7.34. The van der Waals surface area contributed by atoms with Crippen molar-refractivity contribution in [3.63, 3.8) is 0 Å². The van der Waals surface area contributed by atoms with E-state index in [0.717, 1.165) is 12.1 Å². The normalized spacial score (nSPS) is 21.8. The summed E-state index contributed by atoms with van der Waals surface area (Å²) >= 11 is 9.73. The van der Waals surface area contributed by atoms with Crippen LogP contribution in [0.4, 0.5) is 4.39 Å². The highest BCUT2D eigenvalue weighted by Gasteiger charge is 2.15. The Kier molecular flexibility index (Phi) is 5.67. The molecule has 1 aromatic carbocycles. The first-order chi connectivity index (χ1) is 8.66. The van der Waals surface area contributed by atoms with Gasteiger partial charge in [-0.15, -0.1) is 0 Å². The minimum absolute atomic E-state index is 0.157. The van der Waals surface area contributed by atoms with Crippen LogP contribution in [0.1, 0.15) is 18.5 Å². The third-order valence-electron chi connectivity index (χ3n) is 2.98. The molecule has 18 heavy (non-hydrogen) atoms. The molecule has 1 fully saturated rings. The van der Waals surface area contributed by atoms with Crippen molar-refractivity contribution in [2.75, 3.05) is 23.8 Å². The summed E-state index contributed by atoms with van der Waals surface area (Å²) in [5.41, 5.74) is 0.949. The van der Waals surface area contributed by atoms with Crippen molar-refractivity contribution in [1.29, 1.82) is 0 Å². The zero-order valence-electron chi connectivity index (χ0n) is 10.3. The van der Waals surface area contributed by atoms with E-state index in [1.165, 1.54) is 23.3 Å². The SMILES string of the molecule is CC(NCC1CSCCS1)c1ccc(Cl)c(F)c1. The number of nitrogens with one attached hydrogen (secondary N) is 1. The van der Waals surface area contributed by atoms with Crippen molar-refractivity contribution in [1.82, 2.24) is 5.32 Å². The monoisotopic (exact) mass is 305 g/mol. The van der Waals surface area contributed by atoms with Gasteiger partial charge in [0.1, 0.15) is 5.82 Å². The molecule has 0 aliphatic carbocycles. The fourth-order valence-corrected chi connectivity index (χ4v) is 4.60. The molecule has 5 heteroatoms. The van der Waals surface area contributed by atoms with Crippen molar-refractivity contribution < 1.29 is 4.39 Å². The fraction of sp³-hybridized carbons (Fsp3) is 0.538. The van der Waals surface area contributed by atoms with Crippen molar-refractivity contribution in [3.8, 4) is 0 Å². The van der Waals surface area contributed by atoms with E-state index >= 15 is 0 Å². The van der Waals surface area contributed by atoms with E-state index in [9.17, 15) is 4.39 Å². The Labute approximate surface area is 121 Å². The molecule has 1 heterocycles. The molecule has 1 aromatic rings. The van der Waals surface area contributed by atoms with E-state index in [1.807, 2.05) is 29.6 Å². The Morgan fingerprint density at radius 2 is 2.33 bits per heavy atom. The minimum atomic E-state index is -0.342. The molecule has 0 saturated carbocycles. The van der Waals surface area contributed by atoms with Gasteiger partial charge in [-0.25, -0.2) is 4.39 Å². The molecular weight excluding hydrogens is 289 g/mol.